The van der Waals surface area contributed by atoms with E-state index in [1.54, 1.807) is 13.2 Å². The Balaban J connectivity index is 1.65. The van der Waals surface area contributed by atoms with Gasteiger partial charge in [-0.25, -0.2) is 0 Å². The van der Waals surface area contributed by atoms with Crippen LogP contribution in [0.3, 0.4) is 0 Å². The van der Waals surface area contributed by atoms with E-state index in [0.717, 1.165) is 38.6 Å². The van der Waals surface area contributed by atoms with Crippen LogP contribution in [0.15, 0.2) is 12.1 Å². The molecule has 2 heterocycles. The van der Waals surface area contributed by atoms with Crippen molar-refractivity contribution in [3.8, 4) is 11.5 Å². The van der Waals surface area contributed by atoms with Crippen LogP contribution in [0.4, 0.5) is 0 Å². The summed E-state index contributed by atoms with van der Waals surface area (Å²) in [6.45, 7) is 9.33. The third-order valence-electron chi connectivity index (χ3n) is 10.4. The van der Waals surface area contributed by atoms with Gasteiger partial charge in [-0.3, -0.25) is 0 Å². The van der Waals surface area contributed by atoms with Gasteiger partial charge in [0.25, 0.3) is 0 Å². The number of aliphatic hydroxyl groups is 1. The van der Waals surface area contributed by atoms with Gasteiger partial charge in [-0.15, -0.1) is 0 Å². The molecule has 4 fully saturated rings. The molecule has 6 aliphatic rings. The van der Waals surface area contributed by atoms with Crippen molar-refractivity contribution in [2.75, 3.05) is 13.7 Å². The van der Waals surface area contributed by atoms with E-state index in [9.17, 15) is 10.2 Å². The number of benzene rings is 1. The second kappa shape index (κ2) is 5.36. The van der Waals surface area contributed by atoms with Crippen molar-refractivity contribution >= 4 is 0 Å². The molecule has 5 nitrogen and oxygen atoms in total. The summed E-state index contributed by atoms with van der Waals surface area (Å²) in [5.41, 5.74) is 0.658. The van der Waals surface area contributed by atoms with E-state index in [2.05, 4.69) is 32.2 Å². The lowest BCUT2D eigenvalue weighted by atomic mass is 9.33. The zero-order chi connectivity index (χ0) is 21.3. The second-order valence-corrected chi connectivity index (χ2v) is 11.8. The van der Waals surface area contributed by atoms with Crippen LogP contribution in [0.2, 0.25) is 0 Å². The summed E-state index contributed by atoms with van der Waals surface area (Å²) in [5, 5.41) is 26.6. The van der Waals surface area contributed by atoms with E-state index in [-0.39, 0.29) is 34.0 Å². The van der Waals surface area contributed by atoms with Crippen molar-refractivity contribution in [1.82, 2.24) is 5.32 Å². The highest BCUT2D eigenvalue weighted by atomic mass is 16.6. The lowest BCUT2D eigenvalue weighted by molar-refractivity contribution is -0.303. The number of methoxy groups -OCH3 is 1. The van der Waals surface area contributed by atoms with Crippen LogP contribution in [0.1, 0.15) is 64.5 Å². The van der Waals surface area contributed by atoms with Gasteiger partial charge < -0.3 is 25.0 Å². The van der Waals surface area contributed by atoms with Crippen LogP contribution in [-0.2, 0) is 16.6 Å². The largest absolute Gasteiger partial charge is 0.504 e. The molecule has 1 saturated heterocycles. The van der Waals surface area contributed by atoms with E-state index in [0.29, 0.717) is 11.8 Å². The Bertz CT molecular complexity index is 936. The summed E-state index contributed by atoms with van der Waals surface area (Å²) in [7, 11) is 1.80. The van der Waals surface area contributed by atoms with Crippen molar-refractivity contribution in [2.45, 2.75) is 88.6 Å². The molecule has 2 spiro atoms. The van der Waals surface area contributed by atoms with Crippen LogP contribution in [0.5, 0.6) is 11.5 Å². The number of ether oxygens (including phenoxy) is 2. The standard InChI is InChI=1S/C25H35NO4/c1-21(2,3)22(4,28)16-13-23-8-9-25(16,29-5)20-24(23)10-11-26-17(23)12-14-6-7-15(27)19(30-20)18(14)24/h6-7,16-17,20,26-28H,8-13H2,1-5H3/t16-,17?,20?,22?,23-,24+,25-/m1/s1. The Hall–Kier alpha value is -1.30. The van der Waals surface area contributed by atoms with Crippen molar-refractivity contribution in [3.05, 3.63) is 23.3 Å². The third-order valence-corrected chi connectivity index (χ3v) is 10.4. The number of hydrogen-bond donors (Lipinski definition) is 3. The Kier molecular flexibility index (Phi) is 3.46. The van der Waals surface area contributed by atoms with E-state index in [4.69, 9.17) is 9.47 Å². The van der Waals surface area contributed by atoms with Gasteiger partial charge in [0.05, 0.1) is 5.60 Å². The molecule has 164 valence electrons. The summed E-state index contributed by atoms with van der Waals surface area (Å²) < 4.78 is 13.2. The van der Waals surface area contributed by atoms with Gasteiger partial charge in [-0.05, 0) is 62.6 Å². The molecule has 2 aliphatic heterocycles. The number of phenols is 1. The first-order valence-electron chi connectivity index (χ1n) is 11.6. The number of phenolic OH excluding ortho intramolecular Hbond substituents is 1. The topological polar surface area (TPSA) is 71.0 Å². The zero-order valence-corrected chi connectivity index (χ0v) is 18.8. The Morgan fingerprint density at radius 3 is 2.63 bits per heavy atom. The number of aromatic hydroxyl groups is 1. The fraction of sp³-hybridized carbons (Fsp3) is 0.760. The molecule has 4 bridgehead atoms. The first-order valence-corrected chi connectivity index (χ1v) is 11.6. The number of hydrogen-bond acceptors (Lipinski definition) is 5. The minimum atomic E-state index is -0.910. The molecule has 4 aliphatic carbocycles. The minimum Gasteiger partial charge on any atom is -0.504 e. The van der Waals surface area contributed by atoms with Gasteiger partial charge in [0, 0.05) is 35.5 Å². The predicted octanol–water partition coefficient (Wildman–Crippen LogP) is 3.29. The Morgan fingerprint density at radius 2 is 1.93 bits per heavy atom. The SMILES string of the molecule is CO[C@]12CC[C@@]3(C[C@@H]1C(C)(O)C(C)(C)C)C1Cc4ccc(O)c5c4[C@@]3(CCN1)C2O5. The van der Waals surface area contributed by atoms with Crippen LogP contribution in [0.25, 0.3) is 0 Å². The first-order chi connectivity index (χ1) is 14.1. The number of nitrogens with one attached hydrogen (secondary N) is 1. The van der Waals surface area contributed by atoms with E-state index < -0.39 is 11.2 Å². The Morgan fingerprint density at radius 1 is 1.17 bits per heavy atom. The highest BCUT2D eigenvalue weighted by Crippen LogP contribution is 2.77. The lowest BCUT2D eigenvalue weighted by Crippen LogP contribution is -2.83. The number of piperidine rings is 1. The molecule has 5 heteroatoms. The maximum absolute atomic E-state index is 12.0. The van der Waals surface area contributed by atoms with Crippen LogP contribution >= 0.6 is 0 Å². The molecule has 7 atom stereocenters. The molecular formula is C25H35NO4. The van der Waals surface area contributed by atoms with Gasteiger partial charge >= 0.3 is 0 Å². The predicted molar refractivity (Wildman–Crippen MR) is 114 cm³/mol. The van der Waals surface area contributed by atoms with Crippen LogP contribution in [0, 0.1) is 16.7 Å². The monoisotopic (exact) mass is 413 g/mol. The minimum absolute atomic E-state index is 0.0160. The van der Waals surface area contributed by atoms with Crippen molar-refractivity contribution < 1.29 is 19.7 Å². The second-order valence-electron chi connectivity index (χ2n) is 11.8. The molecule has 7 rings (SSSR count). The molecule has 30 heavy (non-hydrogen) atoms. The maximum Gasteiger partial charge on any atom is 0.165 e. The fourth-order valence-electron chi connectivity index (χ4n) is 8.53. The summed E-state index contributed by atoms with van der Waals surface area (Å²) in [6, 6.07) is 4.26. The molecule has 3 saturated carbocycles. The number of rotatable bonds is 2. The normalized spacial score (nSPS) is 44.9. The van der Waals surface area contributed by atoms with E-state index in [1.807, 2.05) is 6.92 Å². The van der Waals surface area contributed by atoms with Gasteiger partial charge in [-0.2, -0.15) is 0 Å². The highest BCUT2D eigenvalue weighted by molar-refractivity contribution is 5.63. The molecule has 1 aromatic carbocycles. The Labute approximate surface area is 179 Å². The third kappa shape index (κ3) is 1.77. The highest BCUT2D eigenvalue weighted by Gasteiger charge is 2.81. The van der Waals surface area contributed by atoms with Gasteiger partial charge in [-0.1, -0.05) is 26.8 Å². The summed E-state index contributed by atoms with van der Waals surface area (Å²) in [6.07, 6.45) is 4.66. The molecule has 1 aromatic rings. The number of fused-ring (bicyclic) bond motifs is 2. The van der Waals surface area contributed by atoms with E-state index >= 15 is 0 Å². The summed E-state index contributed by atoms with van der Waals surface area (Å²) in [4.78, 5) is 0. The maximum atomic E-state index is 12.0. The van der Waals surface area contributed by atoms with Crippen molar-refractivity contribution in [1.29, 1.82) is 0 Å². The van der Waals surface area contributed by atoms with Gasteiger partial charge in [0.1, 0.15) is 11.7 Å². The lowest BCUT2D eigenvalue weighted by Gasteiger charge is -2.74. The molecular weight excluding hydrogens is 378 g/mol. The molecule has 3 N–H and O–H groups in total. The molecule has 0 radical (unpaired) electrons. The van der Waals surface area contributed by atoms with E-state index in [1.165, 1.54) is 11.1 Å². The van der Waals surface area contributed by atoms with Crippen LogP contribution < -0.4 is 10.1 Å². The van der Waals surface area contributed by atoms with Crippen molar-refractivity contribution in [2.24, 2.45) is 16.7 Å². The van der Waals surface area contributed by atoms with Gasteiger partial charge in [0.15, 0.2) is 11.5 Å². The first kappa shape index (κ1) is 19.4. The molecule has 3 unspecified atom stereocenters. The molecule has 0 amide bonds. The molecule has 0 aromatic heterocycles. The van der Waals surface area contributed by atoms with Crippen molar-refractivity contribution in [3.63, 3.8) is 0 Å². The van der Waals surface area contributed by atoms with Crippen LogP contribution in [-0.4, -0.2) is 47.2 Å². The summed E-state index contributed by atoms with van der Waals surface area (Å²) in [5.74, 6) is 0.887. The quantitative estimate of drug-likeness (QED) is 0.694. The van der Waals surface area contributed by atoms with Gasteiger partial charge in [0.2, 0.25) is 0 Å². The fourth-order valence-corrected chi connectivity index (χ4v) is 8.53. The average molecular weight is 414 g/mol. The summed E-state index contributed by atoms with van der Waals surface area (Å²) >= 11 is 0. The zero-order valence-electron chi connectivity index (χ0n) is 18.8. The smallest absolute Gasteiger partial charge is 0.165 e. The average Bonchev–Trinajstić information content (AvgIpc) is 3.05.